The molecule has 4 nitrogen and oxygen atoms in total. The van der Waals surface area contributed by atoms with Gasteiger partial charge in [0.25, 0.3) is 0 Å². The highest BCUT2D eigenvalue weighted by Gasteiger charge is 2.16. The van der Waals surface area contributed by atoms with Crippen LogP contribution in [0, 0.1) is 0 Å². The number of rotatable bonds is 2. The Labute approximate surface area is 73.4 Å². The number of hydrogen-bond acceptors (Lipinski definition) is 3. The van der Waals surface area contributed by atoms with Crippen molar-refractivity contribution < 1.29 is 18.7 Å². The Morgan fingerprint density at radius 1 is 1.23 bits per heavy atom. The summed E-state index contributed by atoms with van der Waals surface area (Å²) < 4.78 is 10.0. The average molecular weight is 178 g/mol. The molecule has 0 spiro atoms. The summed E-state index contributed by atoms with van der Waals surface area (Å²) in [7, 11) is 0. The molecule has 0 bridgehead atoms. The second-order valence-electron chi connectivity index (χ2n) is 2.45. The number of hydrogen-bond donors (Lipinski definition) is 1. The number of carboxylic acid groups (broad SMARTS) is 1. The van der Waals surface area contributed by atoms with Gasteiger partial charge >= 0.3 is 5.97 Å². The summed E-state index contributed by atoms with van der Waals surface area (Å²) in [5, 5.41) is 8.75. The van der Waals surface area contributed by atoms with Crippen molar-refractivity contribution in [2.45, 2.75) is 0 Å². The molecular weight excluding hydrogens is 172 g/mol. The van der Waals surface area contributed by atoms with Gasteiger partial charge in [-0.25, -0.2) is 4.79 Å². The van der Waals surface area contributed by atoms with E-state index in [1.807, 2.05) is 0 Å². The predicted octanol–water partition coefficient (Wildman–Crippen LogP) is 2.24. The van der Waals surface area contributed by atoms with Gasteiger partial charge in [0.1, 0.15) is 5.56 Å². The van der Waals surface area contributed by atoms with Gasteiger partial charge in [-0.3, -0.25) is 0 Å². The Bertz CT molecular complexity index is 411. The molecule has 2 heterocycles. The molecule has 0 radical (unpaired) electrons. The number of carboxylic acids is 1. The lowest BCUT2D eigenvalue weighted by Gasteiger charge is -1.92. The summed E-state index contributed by atoms with van der Waals surface area (Å²) in [6, 6.07) is 4.70. The lowest BCUT2D eigenvalue weighted by molar-refractivity contribution is 0.0697. The molecule has 2 rings (SSSR count). The van der Waals surface area contributed by atoms with Crippen molar-refractivity contribution in [1.82, 2.24) is 0 Å². The van der Waals surface area contributed by atoms with Crippen LogP contribution in [-0.2, 0) is 0 Å². The van der Waals surface area contributed by atoms with Crippen LogP contribution in [0.3, 0.4) is 0 Å². The molecule has 0 amide bonds. The number of aromatic carboxylic acids is 1. The summed E-state index contributed by atoms with van der Waals surface area (Å²) in [4.78, 5) is 10.7. The lowest BCUT2D eigenvalue weighted by atomic mass is 10.2. The predicted molar refractivity (Wildman–Crippen MR) is 43.4 cm³/mol. The van der Waals surface area contributed by atoms with Crippen molar-refractivity contribution >= 4 is 5.97 Å². The highest BCUT2D eigenvalue weighted by Crippen LogP contribution is 2.24. The van der Waals surface area contributed by atoms with Gasteiger partial charge in [-0.05, 0) is 18.2 Å². The average Bonchev–Trinajstić information content (AvgIpc) is 2.74. The van der Waals surface area contributed by atoms with Crippen LogP contribution in [0.1, 0.15) is 10.4 Å². The van der Waals surface area contributed by atoms with E-state index in [9.17, 15) is 4.79 Å². The maximum Gasteiger partial charge on any atom is 0.339 e. The van der Waals surface area contributed by atoms with Gasteiger partial charge in [0.15, 0.2) is 11.5 Å². The largest absolute Gasteiger partial charge is 0.478 e. The van der Waals surface area contributed by atoms with Crippen molar-refractivity contribution in [2.24, 2.45) is 0 Å². The third-order valence-electron chi connectivity index (χ3n) is 1.64. The number of carbonyl (C=O) groups is 1. The summed E-state index contributed by atoms with van der Waals surface area (Å²) >= 11 is 0. The zero-order valence-electron chi connectivity index (χ0n) is 6.56. The molecule has 0 saturated heterocycles. The zero-order valence-corrected chi connectivity index (χ0v) is 6.56. The smallest absolute Gasteiger partial charge is 0.339 e. The summed E-state index contributed by atoms with van der Waals surface area (Å²) in [5.41, 5.74) is 0.106. The molecule has 0 aliphatic heterocycles. The molecule has 0 aromatic carbocycles. The van der Waals surface area contributed by atoms with Crippen LogP contribution in [0.25, 0.3) is 11.5 Å². The molecule has 0 aliphatic carbocycles. The van der Waals surface area contributed by atoms with Crippen molar-refractivity contribution in [2.75, 3.05) is 0 Å². The first-order valence-electron chi connectivity index (χ1n) is 3.63. The second kappa shape index (κ2) is 2.82. The van der Waals surface area contributed by atoms with Gasteiger partial charge in [0.05, 0.1) is 12.5 Å². The summed E-state index contributed by atoms with van der Waals surface area (Å²) in [6.07, 6.45) is 2.78. The Hall–Kier alpha value is -1.97. The van der Waals surface area contributed by atoms with E-state index >= 15 is 0 Å². The van der Waals surface area contributed by atoms with Gasteiger partial charge in [-0.15, -0.1) is 0 Å². The maximum absolute atomic E-state index is 10.7. The molecule has 13 heavy (non-hydrogen) atoms. The van der Waals surface area contributed by atoms with Gasteiger partial charge < -0.3 is 13.9 Å². The van der Waals surface area contributed by atoms with E-state index in [2.05, 4.69) is 0 Å². The topological polar surface area (TPSA) is 63.6 Å². The van der Waals surface area contributed by atoms with Crippen LogP contribution >= 0.6 is 0 Å². The van der Waals surface area contributed by atoms with Crippen LogP contribution in [-0.4, -0.2) is 11.1 Å². The van der Waals surface area contributed by atoms with Gasteiger partial charge in [0, 0.05) is 0 Å². The number of furan rings is 2. The van der Waals surface area contributed by atoms with Crippen LogP contribution < -0.4 is 0 Å². The van der Waals surface area contributed by atoms with E-state index in [4.69, 9.17) is 13.9 Å². The fourth-order valence-electron chi connectivity index (χ4n) is 1.08. The Balaban J connectivity index is 2.52. The lowest BCUT2D eigenvalue weighted by Crippen LogP contribution is -1.94. The van der Waals surface area contributed by atoms with E-state index < -0.39 is 5.97 Å². The van der Waals surface area contributed by atoms with E-state index in [0.29, 0.717) is 5.76 Å². The third-order valence-corrected chi connectivity index (χ3v) is 1.64. The monoisotopic (exact) mass is 178 g/mol. The van der Waals surface area contributed by atoms with Gasteiger partial charge in [-0.2, -0.15) is 0 Å². The first kappa shape index (κ1) is 7.67. The molecule has 66 valence electrons. The van der Waals surface area contributed by atoms with E-state index in [1.165, 1.54) is 18.6 Å². The van der Waals surface area contributed by atoms with Crippen molar-refractivity contribution in [1.29, 1.82) is 0 Å². The Morgan fingerprint density at radius 3 is 2.69 bits per heavy atom. The summed E-state index contributed by atoms with van der Waals surface area (Å²) in [5.74, 6) is -0.361. The molecule has 0 saturated carbocycles. The molecule has 0 atom stereocenters. The van der Waals surface area contributed by atoms with Crippen LogP contribution in [0.15, 0.2) is 39.6 Å². The highest BCUT2D eigenvalue weighted by atomic mass is 16.4. The molecule has 0 unspecified atom stereocenters. The molecule has 2 aromatic heterocycles. The quantitative estimate of drug-likeness (QED) is 0.765. The van der Waals surface area contributed by atoms with Crippen molar-refractivity contribution in [3.8, 4) is 11.5 Å². The van der Waals surface area contributed by atoms with E-state index in [1.54, 1.807) is 12.1 Å². The van der Waals surface area contributed by atoms with Crippen LogP contribution in [0.2, 0.25) is 0 Å². The first-order valence-corrected chi connectivity index (χ1v) is 3.63. The second-order valence-corrected chi connectivity index (χ2v) is 2.45. The van der Waals surface area contributed by atoms with Crippen molar-refractivity contribution in [3.63, 3.8) is 0 Å². The van der Waals surface area contributed by atoms with Gasteiger partial charge in [0.2, 0.25) is 0 Å². The fraction of sp³-hybridized carbons (Fsp3) is 0. The minimum Gasteiger partial charge on any atom is -0.478 e. The Morgan fingerprint density at radius 2 is 2.08 bits per heavy atom. The summed E-state index contributed by atoms with van der Waals surface area (Å²) in [6.45, 7) is 0. The SMILES string of the molecule is O=C(O)c1ccoc1-c1ccco1. The molecular formula is C9H6O4. The maximum atomic E-state index is 10.7. The first-order chi connectivity index (χ1) is 6.29. The molecule has 2 aromatic rings. The normalized spacial score (nSPS) is 10.2. The van der Waals surface area contributed by atoms with E-state index in [0.717, 1.165) is 0 Å². The van der Waals surface area contributed by atoms with Crippen LogP contribution in [0.4, 0.5) is 0 Å². The minimum atomic E-state index is -1.03. The zero-order chi connectivity index (χ0) is 9.26. The molecule has 0 aliphatic rings. The standard InChI is InChI=1S/C9H6O4/c10-9(11)6-3-5-13-8(6)7-2-1-4-12-7/h1-5H,(H,10,11). The van der Waals surface area contributed by atoms with E-state index in [-0.39, 0.29) is 11.3 Å². The third kappa shape index (κ3) is 1.22. The van der Waals surface area contributed by atoms with Crippen LogP contribution in [0.5, 0.6) is 0 Å². The van der Waals surface area contributed by atoms with Crippen molar-refractivity contribution in [3.05, 3.63) is 36.3 Å². The highest BCUT2D eigenvalue weighted by molar-refractivity contribution is 5.93. The molecule has 0 fully saturated rings. The fourth-order valence-corrected chi connectivity index (χ4v) is 1.08. The minimum absolute atomic E-state index is 0.106. The molecule has 4 heteroatoms. The Kier molecular flexibility index (Phi) is 1.66. The van der Waals surface area contributed by atoms with Gasteiger partial charge in [-0.1, -0.05) is 0 Å². The molecule has 1 N–H and O–H groups in total.